The second-order valence-corrected chi connectivity index (χ2v) is 7.02. The molecule has 0 bridgehead atoms. The highest BCUT2D eigenvalue weighted by atomic mass is 79.9. The normalized spacial score (nSPS) is 12.7. The molecule has 0 aliphatic rings. The third-order valence-corrected chi connectivity index (χ3v) is 5.09. The number of benzene rings is 1. The van der Waals surface area contributed by atoms with Crippen LogP contribution in [0.1, 0.15) is 23.7 Å². The highest BCUT2D eigenvalue weighted by Crippen LogP contribution is 2.25. The fraction of sp³-hybridized carbons (Fsp3) is 0.250. The van der Waals surface area contributed by atoms with Gasteiger partial charge in [-0.1, -0.05) is 39.3 Å². The summed E-state index contributed by atoms with van der Waals surface area (Å²) in [5.74, 6) is 1.24. The molecule has 0 aliphatic heterocycles. The van der Waals surface area contributed by atoms with E-state index in [1.165, 1.54) is 4.88 Å². The van der Waals surface area contributed by atoms with Crippen molar-refractivity contribution < 1.29 is 4.52 Å². The number of rotatable bonds is 5. The zero-order valence-electron chi connectivity index (χ0n) is 12.4. The number of nitrogens with zero attached hydrogens (tertiary/aromatic N) is 3. The van der Waals surface area contributed by atoms with Crippen molar-refractivity contribution >= 4 is 27.3 Å². The van der Waals surface area contributed by atoms with Crippen LogP contribution in [-0.4, -0.2) is 22.1 Å². The zero-order chi connectivity index (χ0) is 15.5. The molecule has 3 rings (SSSR count). The first-order chi connectivity index (χ1) is 10.6. The minimum absolute atomic E-state index is 0.321. The number of hydrogen-bond donors (Lipinski definition) is 0. The Kier molecular flexibility index (Phi) is 4.71. The molecule has 0 aliphatic carbocycles. The average Bonchev–Trinajstić information content (AvgIpc) is 3.18. The van der Waals surface area contributed by atoms with E-state index in [1.807, 2.05) is 24.3 Å². The van der Waals surface area contributed by atoms with E-state index in [-0.39, 0.29) is 0 Å². The summed E-state index contributed by atoms with van der Waals surface area (Å²) >= 11 is 5.21. The van der Waals surface area contributed by atoms with Crippen LogP contribution in [0.2, 0.25) is 0 Å². The molecule has 2 aromatic heterocycles. The molecule has 0 radical (unpaired) electrons. The molecule has 2 heterocycles. The second kappa shape index (κ2) is 6.73. The Labute approximate surface area is 141 Å². The molecule has 0 saturated heterocycles. The van der Waals surface area contributed by atoms with Crippen LogP contribution in [0.3, 0.4) is 0 Å². The van der Waals surface area contributed by atoms with E-state index >= 15 is 0 Å². The van der Waals surface area contributed by atoms with Crippen LogP contribution < -0.4 is 0 Å². The fourth-order valence-corrected chi connectivity index (χ4v) is 3.41. The van der Waals surface area contributed by atoms with Gasteiger partial charge in [0.25, 0.3) is 0 Å². The summed E-state index contributed by atoms with van der Waals surface area (Å²) in [6.07, 6.45) is 0. The Morgan fingerprint density at radius 2 is 2.18 bits per heavy atom. The SMILES string of the molecule is C[C@@H](c1cccs1)N(C)Cc1nc(-c2cccc(Br)c2)no1. The lowest BCUT2D eigenvalue weighted by Gasteiger charge is -2.21. The summed E-state index contributed by atoms with van der Waals surface area (Å²) in [6.45, 7) is 2.80. The van der Waals surface area contributed by atoms with Crippen molar-refractivity contribution in [2.24, 2.45) is 0 Å². The minimum atomic E-state index is 0.321. The Morgan fingerprint density at radius 3 is 2.91 bits per heavy atom. The van der Waals surface area contributed by atoms with Gasteiger partial charge in [0.15, 0.2) is 0 Å². The Bertz CT molecular complexity index is 741. The van der Waals surface area contributed by atoms with Crippen molar-refractivity contribution in [1.29, 1.82) is 0 Å². The Balaban J connectivity index is 1.71. The molecule has 6 heteroatoms. The molecule has 1 aromatic carbocycles. The maximum Gasteiger partial charge on any atom is 0.241 e. The van der Waals surface area contributed by atoms with E-state index < -0.39 is 0 Å². The van der Waals surface area contributed by atoms with Crippen molar-refractivity contribution in [2.75, 3.05) is 7.05 Å². The number of thiophene rings is 1. The number of halogens is 1. The highest BCUT2D eigenvalue weighted by molar-refractivity contribution is 9.10. The summed E-state index contributed by atoms with van der Waals surface area (Å²) in [7, 11) is 2.06. The van der Waals surface area contributed by atoms with Gasteiger partial charge in [0, 0.05) is 21.0 Å². The van der Waals surface area contributed by atoms with Crippen LogP contribution in [0.4, 0.5) is 0 Å². The molecule has 0 saturated carbocycles. The first-order valence-electron chi connectivity index (χ1n) is 6.95. The average molecular weight is 378 g/mol. The highest BCUT2D eigenvalue weighted by Gasteiger charge is 2.16. The molecule has 0 fully saturated rings. The van der Waals surface area contributed by atoms with Crippen LogP contribution in [-0.2, 0) is 6.54 Å². The lowest BCUT2D eigenvalue weighted by atomic mass is 10.2. The molecule has 4 nitrogen and oxygen atoms in total. The van der Waals surface area contributed by atoms with Crippen molar-refractivity contribution in [3.63, 3.8) is 0 Å². The molecular formula is C16H16BrN3OS. The molecule has 3 aromatic rings. The molecule has 0 unspecified atom stereocenters. The van der Waals surface area contributed by atoms with E-state index in [1.54, 1.807) is 11.3 Å². The van der Waals surface area contributed by atoms with Crippen LogP contribution >= 0.6 is 27.3 Å². The Morgan fingerprint density at radius 1 is 1.32 bits per heavy atom. The molecule has 0 spiro atoms. The summed E-state index contributed by atoms with van der Waals surface area (Å²) in [5, 5.41) is 6.17. The third-order valence-electron chi connectivity index (χ3n) is 3.55. The fourth-order valence-electron chi connectivity index (χ4n) is 2.16. The molecule has 114 valence electrons. The van der Waals surface area contributed by atoms with Crippen molar-refractivity contribution in [3.05, 3.63) is 57.0 Å². The Hall–Kier alpha value is -1.50. The first kappa shape index (κ1) is 15.4. The van der Waals surface area contributed by atoms with Gasteiger partial charge in [0.1, 0.15) is 0 Å². The van der Waals surface area contributed by atoms with Gasteiger partial charge in [-0.05, 0) is 37.6 Å². The van der Waals surface area contributed by atoms with Gasteiger partial charge < -0.3 is 4.52 Å². The molecular weight excluding hydrogens is 362 g/mol. The van der Waals surface area contributed by atoms with Crippen LogP contribution in [0, 0.1) is 0 Å². The molecule has 0 amide bonds. The van der Waals surface area contributed by atoms with E-state index in [9.17, 15) is 0 Å². The lowest BCUT2D eigenvalue weighted by molar-refractivity contribution is 0.219. The number of hydrogen-bond acceptors (Lipinski definition) is 5. The molecule has 1 atom stereocenters. The summed E-state index contributed by atoms with van der Waals surface area (Å²) in [4.78, 5) is 8.01. The van der Waals surface area contributed by atoms with Gasteiger partial charge in [-0.3, -0.25) is 4.90 Å². The van der Waals surface area contributed by atoms with Crippen molar-refractivity contribution in [3.8, 4) is 11.4 Å². The predicted molar refractivity (Wildman–Crippen MR) is 91.6 cm³/mol. The molecule has 0 N–H and O–H groups in total. The van der Waals surface area contributed by atoms with Gasteiger partial charge in [0.2, 0.25) is 11.7 Å². The summed E-state index contributed by atoms with van der Waals surface area (Å²) < 4.78 is 6.38. The van der Waals surface area contributed by atoms with E-state index in [4.69, 9.17) is 4.52 Å². The van der Waals surface area contributed by atoms with E-state index in [0.29, 0.717) is 24.3 Å². The van der Waals surface area contributed by atoms with Crippen LogP contribution in [0.25, 0.3) is 11.4 Å². The molecule has 22 heavy (non-hydrogen) atoms. The van der Waals surface area contributed by atoms with Gasteiger partial charge in [-0.15, -0.1) is 11.3 Å². The first-order valence-corrected chi connectivity index (χ1v) is 8.63. The maximum absolute atomic E-state index is 5.38. The van der Waals surface area contributed by atoms with Crippen LogP contribution in [0.5, 0.6) is 0 Å². The van der Waals surface area contributed by atoms with E-state index in [2.05, 4.69) is 62.5 Å². The van der Waals surface area contributed by atoms with Gasteiger partial charge in [-0.25, -0.2) is 0 Å². The monoisotopic (exact) mass is 377 g/mol. The quantitative estimate of drug-likeness (QED) is 0.642. The third kappa shape index (κ3) is 3.45. The lowest BCUT2D eigenvalue weighted by Crippen LogP contribution is -2.21. The second-order valence-electron chi connectivity index (χ2n) is 5.13. The number of aromatic nitrogens is 2. The van der Waals surface area contributed by atoms with E-state index in [0.717, 1.165) is 10.0 Å². The van der Waals surface area contributed by atoms with Gasteiger partial charge in [-0.2, -0.15) is 4.98 Å². The topological polar surface area (TPSA) is 42.2 Å². The maximum atomic E-state index is 5.38. The largest absolute Gasteiger partial charge is 0.338 e. The van der Waals surface area contributed by atoms with Crippen molar-refractivity contribution in [2.45, 2.75) is 19.5 Å². The zero-order valence-corrected chi connectivity index (χ0v) is 14.8. The smallest absolute Gasteiger partial charge is 0.241 e. The van der Waals surface area contributed by atoms with Crippen molar-refractivity contribution in [1.82, 2.24) is 15.0 Å². The summed E-state index contributed by atoms with van der Waals surface area (Å²) in [6, 6.07) is 12.4. The van der Waals surface area contributed by atoms with Gasteiger partial charge in [0.05, 0.1) is 6.54 Å². The van der Waals surface area contributed by atoms with Crippen LogP contribution in [0.15, 0.2) is 50.8 Å². The predicted octanol–water partition coefficient (Wildman–Crippen LogP) is 4.75. The minimum Gasteiger partial charge on any atom is -0.338 e. The standard InChI is InChI=1S/C16H16BrN3OS/c1-11(14-7-4-8-22-14)20(2)10-15-18-16(19-21-15)12-5-3-6-13(17)9-12/h3-9,11H,10H2,1-2H3/t11-/m0/s1. The van der Waals surface area contributed by atoms with Gasteiger partial charge >= 0.3 is 0 Å². The summed E-state index contributed by atoms with van der Waals surface area (Å²) in [5.41, 5.74) is 0.943.